The molecule has 2 N–H and O–H groups in total. The number of amides is 2. The van der Waals surface area contributed by atoms with Crippen molar-refractivity contribution in [3.8, 4) is 5.75 Å². The summed E-state index contributed by atoms with van der Waals surface area (Å²) in [6.07, 6.45) is 0.871. The molecule has 1 aliphatic rings. The maximum absolute atomic E-state index is 11.9. The van der Waals surface area contributed by atoms with Gasteiger partial charge >= 0.3 is 6.03 Å². The van der Waals surface area contributed by atoms with Crippen LogP contribution in [-0.4, -0.2) is 25.3 Å². The predicted molar refractivity (Wildman–Crippen MR) is 91.8 cm³/mol. The van der Waals surface area contributed by atoms with Crippen molar-refractivity contribution in [1.82, 2.24) is 10.6 Å². The number of urea groups is 1. The van der Waals surface area contributed by atoms with E-state index < -0.39 is 0 Å². The van der Waals surface area contributed by atoms with Crippen LogP contribution in [0.25, 0.3) is 0 Å². The Morgan fingerprint density at radius 1 is 1.12 bits per heavy atom. The van der Waals surface area contributed by atoms with Crippen molar-refractivity contribution in [2.45, 2.75) is 25.6 Å². The number of benzene rings is 2. The Hall–Kier alpha value is -2.53. The van der Waals surface area contributed by atoms with E-state index >= 15 is 0 Å². The normalized spacial score (nSPS) is 16.6. The zero-order chi connectivity index (χ0) is 16.6. The molecule has 2 amide bonds. The number of carbonyl (C=O) groups is 1. The second kappa shape index (κ2) is 8.36. The molecule has 0 saturated carbocycles. The number of hydrogen-bond acceptors (Lipinski definition) is 3. The van der Waals surface area contributed by atoms with Gasteiger partial charge in [-0.15, -0.1) is 0 Å². The predicted octanol–water partition coefficient (Wildman–Crippen LogP) is 2.85. The molecule has 2 aromatic rings. The maximum Gasteiger partial charge on any atom is 0.315 e. The van der Waals surface area contributed by atoms with Crippen LogP contribution in [-0.2, 0) is 17.9 Å². The van der Waals surface area contributed by atoms with E-state index in [0.29, 0.717) is 26.4 Å². The molecular weight excluding hydrogens is 304 g/mol. The monoisotopic (exact) mass is 326 g/mol. The number of rotatable bonds is 6. The zero-order valence-electron chi connectivity index (χ0n) is 13.5. The summed E-state index contributed by atoms with van der Waals surface area (Å²) < 4.78 is 11.0. The molecular formula is C19H22N2O3. The molecule has 0 aromatic heterocycles. The van der Waals surface area contributed by atoms with Crippen molar-refractivity contribution in [3.05, 3.63) is 65.7 Å². The summed E-state index contributed by atoms with van der Waals surface area (Å²) in [7, 11) is 0. The van der Waals surface area contributed by atoms with Crippen LogP contribution in [0.4, 0.5) is 4.79 Å². The number of hydrogen-bond donors (Lipinski definition) is 2. The van der Waals surface area contributed by atoms with E-state index in [-0.39, 0.29) is 12.1 Å². The first-order valence-electron chi connectivity index (χ1n) is 8.17. The van der Waals surface area contributed by atoms with Gasteiger partial charge < -0.3 is 20.1 Å². The Bertz CT molecular complexity index is 655. The largest absolute Gasteiger partial charge is 0.489 e. The third-order valence-corrected chi connectivity index (χ3v) is 3.86. The Balaban J connectivity index is 1.46. The first-order chi connectivity index (χ1) is 11.8. The van der Waals surface area contributed by atoms with Crippen LogP contribution in [0.3, 0.4) is 0 Å². The van der Waals surface area contributed by atoms with Crippen LogP contribution >= 0.6 is 0 Å². The van der Waals surface area contributed by atoms with Crippen molar-refractivity contribution in [3.63, 3.8) is 0 Å². The van der Waals surface area contributed by atoms with Gasteiger partial charge in [0.25, 0.3) is 0 Å². The topological polar surface area (TPSA) is 59.6 Å². The minimum atomic E-state index is -0.166. The lowest BCUT2D eigenvalue weighted by molar-refractivity contribution is 0.188. The Morgan fingerprint density at radius 2 is 1.96 bits per heavy atom. The zero-order valence-corrected chi connectivity index (χ0v) is 13.5. The standard InChI is InChI=1S/C19H22N2O3/c22-19(21-17-9-10-23-14-17)20-12-16-7-4-8-18(11-16)24-13-15-5-2-1-3-6-15/h1-8,11,17H,9-10,12-14H2,(H2,20,21,22). The molecule has 0 bridgehead atoms. The molecule has 1 heterocycles. The van der Waals surface area contributed by atoms with Crippen molar-refractivity contribution >= 4 is 6.03 Å². The highest BCUT2D eigenvalue weighted by Crippen LogP contribution is 2.15. The summed E-state index contributed by atoms with van der Waals surface area (Å²) in [6, 6.07) is 17.7. The molecule has 5 nitrogen and oxygen atoms in total. The van der Waals surface area contributed by atoms with Gasteiger partial charge in [-0.3, -0.25) is 0 Å². The molecule has 2 aromatic carbocycles. The SMILES string of the molecule is O=C(NCc1cccc(OCc2ccccc2)c1)NC1CCOC1. The van der Waals surface area contributed by atoms with Crippen molar-refractivity contribution in [2.75, 3.05) is 13.2 Å². The van der Waals surface area contributed by atoms with Gasteiger partial charge in [0.15, 0.2) is 0 Å². The lowest BCUT2D eigenvalue weighted by Gasteiger charge is -2.12. The lowest BCUT2D eigenvalue weighted by atomic mass is 10.2. The van der Waals surface area contributed by atoms with Gasteiger partial charge in [0.05, 0.1) is 12.6 Å². The molecule has 126 valence electrons. The Kier molecular flexibility index (Phi) is 5.69. The molecule has 0 spiro atoms. The highest BCUT2D eigenvalue weighted by atomic mass is 16.5. The fraction of sp³-hybridized carbons (Fsp3) is 0.316. The summed E-state index contributed by atoms with van der Waals surface area (Å²) in [5.41, 5.74) is 2.12. The van der Waals surface area contributed by atoms with E-state index in [4.69, 9.17) is 9.47 Å². The van der Waals surface area contributed by atoms with Crippen LogP contribution in [0.1, 0.15) is 17.5 Å². The number of ether oxygens (including phenoxy) is 2. The molecule has 1 fully saturated rings. The minimum Gasteiger partial charge on any atom is -0.489 e. The van der Waals surface area contributed by atoms with Gasteiger partial charge in [0, 0.05) is 13.2 Å². The molecule has 1 atom stereocenters. The summed E-state index contributed by atoms with van der Waals surface area (Å²) >= 11 is 0. The average molecular weight is 326 g/mol. The maximum atomic E-state index is 11.9. The molecule has 24 heavy (non-hydrogen) atoms. The lowest BCUT2D eigenvalue weighted by Crippen LogP contribution is -2.42. The van der Waals surface area contributed by atoms with Gasteiger partial charge in [-0.05, 0) is 29.7 Å². The second-order valence-electron chi connectivity index (χ2n) is 5.81. The van der Waals surface area contributed by atoms with Gasteiger partial charge in [0.1, 0.15) is 12.4 Å². The first-order valence-corrected chi connectivity index (χ1v) is 8.17. The van der Waals surface area contributed by atoms with Crippen LogP contribution in [0.2, 0.25) is 0 Å². The van der Waals surface area contributed by atoms with Crippen LogP contribution in [0.15, 0.2) is 54.6 Å². The minimum absolute atomic E-state index is 0.116. The van der Waals surface area contributed by atoms with Gasteiger partial charge in [-0.25, -0.2) is 4.79 Å². The smallest absolute Gasteiger partial charge is 0.315 e. The second-order valence-corrected chi connectivity index (χ2v) is 5.81. The van der Waals surface area contributed by atoms with Gasteiger partial charge in [-0.1, -0.05) is 42.5 Å². The molecule has 0 radical (unpaired) electrons. The van der Waals surface area contributed by atoms with Crippen LogP contribution in [0, 0.1) is 0 Å². The van der Waals surface area contributed by atoms with Crippen LogP contribution in [0.5, 0.6) is 5.75 Å². The van der Waals surface area contributed by atoms with E-state index in [1.54, 1.807) is 0 Å². The van der Waals surface area contributed by atoms with E-state index in [0.717, 1.165) is 23.3 Å². The van der Waals surface area contributed by atoms with Crippen molar-refractivity contribution < 1.29 is 14.3 Å². The highest BCUT2D eigenvalue weighted by Gasteiger charge is 2.17. The third-order valence-electron chi connectivity index (χ3n) is 3.86. The summed E-state index contributed by atoms with van der Waals surface area (Å²) in [5, 5.41) is 5.77. The molecule has 1 aliphatic heterocycles. The fourth-order valence-electron chi connectivity index (χ4n) is 2.55. The summed E-state index contributed by atoms with van der Waals surface area (Å²) in [4.78, 5) is 11.9. The summed E-state index contributed by atoms with van der Waals surface area (Å²) in [6.45, 7) is 2.30. The van der Waals surface area contributed by atoms with E-state index in [1.807, 2.05) is 54.6 Å². The fourth-order valence-corrected chi connectivity index (χ4v) is 2.55. The van der Waals surface area contributed by atoms with E-state index in [2.05, 4.69) is 10.6 Å². The molecule has 0 aliphatic carbocycles. The van der Waals surface area contributed by atoms with Crippen LogP contribution < -0.4 is 15.4 Å². The molecule has 1 saturated heterocycles. The third kappa shape index (κ3) is 4.99. The first kappa shape index (κ1) is 16.3. The molecule has 3 rings (SSSR count). The average Bonchev–Trinajstić information content (AvgIpc) is 3.12. The summed E-state index contributed by atoms with van der Waals surface area (Å²) in [5.74, 6) is 0.794. The van der Waals surface area contributed by atoms with Gasteiger partial charge in [0.2, 0.25) is 0 Å². The quantitative estimate of drug-likeness (QED) is 0.858. The molecule has 5 heteroatoms. The molecule has 1 unspecified atom stereocenters. The number of carbonyl (C=O) groups excluding carboxylic acids is 1. The number of nitrogens with one attached hydrogen (secondary N) is 2. The van der Waals surface area contributed by atoms with E-state index in [9.17, 15) is 4.79 Å². The van der Waals surface area contributed by atoms with Gasteiger partial charge in [-0.2, -0.15) is 0 Å². The van der Waals surface area contributed by atoms with E-state index in [1.165, 1.54) is 0 Å². The van der Waals surface area contributed by atoms with Crippen molar-refractivity contribution in [1.29, 1.82) is 0 Å². The Labute approximate surface area is 142 Å². The highest BCUT2D eigenvalue weighted by molar-refractivity contribution is 5.74. The van der Waals surface area contributed by atoms with Crippen molar-refractivity contribution in [2.24, 2.45) is 0 Å². The Morgan fingerprint density at radius 3 is 2.75 bits per heavy atom.